The second kappa shape index (κ2) is 5.35. The van der Waals surface area contributed by atoms with Crippen LogP contribution in [-0.2, 0) is 13.6 Å². The molecule has 2 heterocycles. The number of benzene rings is 1. The molecule has 0 amide bonds. The normalized spacial score (nSPS) is 21.1. The first kappa shape index (κ1) is 12.7. The summed E-state index contributed by atoms with van der Waals surface area (Å²) in [6, 6.07) is 9.35. The molecule has 1 fully saturated rings. The Morgan fingerprint density at radius 1 is 1.32 bits per heavy atom. The molecule has 3 heteroatoms. The number of aryl methyl sites for hydroxylation is 1. The van der Waals surface area contributed by atoms with Gasteiger partial charge in [-0.05, 0) is 38.1 Å². The molecule has 1 saturated heterocycles. The van der Waals surface area contributed by atoms with Crippen molar-refractivity contribution in [2.24, 2.45) is 7.05 Å². The van der Waals surface area contributed by atoms with E-state index in [2.05, 4.69) is 59.3 Å². The Morgan fingerprint density at radius 3 is 3.00 bits per heavy atom. The Kier molecular flexibility index (Phi) is 3.58. The zero-order valence-electron chi connectivity index (χ0n) is 11.9. The molecule has 3 nitrogen and oxygen atoms in total. The highest BCUT2D eigenvalue weighted by Gasteiger charge is 2.19. The lowest BCUT2D eigenvalue weighted by molar-refractivity contribution is 0.188. The highest BCUT2D eigenvalue weighted by atomic mass is 15.2. The Bertz CT molecular complexity index is 558. The molecule has 0 saturated carbocycles. The molecule has 0 radical (unpaired) electrons. The van der Waals surface area contributed by atoms with Gasteiger partial charge in [0, 0.05) is 43.3 Å². The maximum atomic E-state index is 3.42. The molecule has 1 atom stereocenters. The molecular weight excluding hydrogens is 234 g/mol. The number of likely N-dealkylation sites (N-methyl/N-ethyl adjacent to an activating group) is 1. The van der Waals surface area contributed by atoms with Gasteiger partial charge in [0.05, 0.1) is 0 Å². The maximum absolute atomic E-state index is 3.42. The van der Waals surface area contributed by atoms with Gasteiger partial charge >= 0.3 is 0 Å². The van der Waals surface area contributed by atoms with Crippen molar-refractivity contribution in [1.82, 2.24) is 14.8 Å². The second-order valence-electron chi connectivity index (χ2n) is 5.65. The molecule has 0 spiro atoms. The van der Waals surface area contributed by atoms with E-state index in [-0.39, 0.29) is 0 Å². The fraction of sp³-hybridized carbons (Fsp3) is 0.500. The number of nitrogens with one attached hydrogen (secondary N) is 1. The average Bonchev–Trinajstić information content (AvgIpc) is 2.76. The van der Waals surface area contributed by atoms with Crippen LogP contribution in [0.2, 0.25) is 0 Å². The molecular formula is C16H23N3. The molecule has 2 aromatic rings. The topological polar surface area (TPSA) is 20.2 Å². The zero-order valence-corrected chi connectivity index (χ0v) is 11.9. The minimum Gasteiger partial charge on any atom is -0.350 e. The van der Waals surface area contributed by atoms with E-state index in [0.29, 0.717) is 6.04 Å². The minimum absolute atomic E-state index is 0.656. The number of aromatic nitrogens is 1. The average molecular weight is 257 g/mol. The van der Waals surface area contributed by atoms with E-state index >= 15 is 0 Å². The van der Waals surface area contributed by atoms with Crippen LogP contribution in [0.15, 0.2) is 30.5 Å². The van der Waals surface area contributed by atoms with Gasteiger partial charge in [-0.2, -0.15) is 0 Å². The van der Waals surface area contributed by atoms with Crippen LogP contribution in [0.5, 0.6) is 0 Å². The summed E-state index contributed by atoms with van der Waals surface area (Å²) in [5, 5.41) is 4.81. The monoisotopic (exact) mass is 257 g/mol. The van der Waals surface area contributed by atoms with E-state index in [4.69, 9.17) is 0 Å². The third kappa shape index (κ3) is 2.53. The van der Waals surface area contributed by atoms with E-state index < -0.39 is 0 Å². The van der Waals surface area contributed by atoms with Crippen molar-refractivity contribution >= 4 is 10.9 Å². The predicted molar refractivity (Wildman–Crippen MR) is 80.3 cm³/mol. The molecule has 1 aromatic heterocycles. The lowest BCUT2D eigenvalue weighted by atomic mass is 10.0. The largest absolute Gasteiger partial charge is 0.350 e. The molecule has 1 aromatic carbocycles. The number of hydrogen-bond acceptors (Lipinski definition) is 2. The first-order chi connectivity index (χ1) is 9.28. The molecule has 1 N–H and O–H groups in total. The van der Waals surface area contributed by atoms with Gasteiger partial charge in [0.25, 0.3) is 0 Å². The number of para-hydroxylation sites is 1. The van der Waals surface area contributed by atoms with Crippen molar-refractivity contribution in [2.45, 2.75) is 25.4 Å². The van der Waals surface area contributed by atoms with E-state index in [0.717, 1.165) is 6.54 Å². The Balaban J connectivity index is 1.81. The second-order valence-corrected chi connectivity index (χ2v) is 5.65. The summed E-state index contributed by atoms with van der Waals surface area (Å²) in [7, 11) is 4.21. The molecule has 0 aliphatic carbocycles. The van der Waals surface area contributed by atoms with Crippen molar-refractivity contribution in [1.29, 1.82) is 0 Å². The summed E-state index contributed by atoms with van der Waals surface area (Å²) < 4.78 is 2.24. The maximum Gasteiger partial charge on any atom is 0.0481 e. The smallest absolute Gasteiger partial charge is 0.0481 e. The molecule has 1 unspecified atom stereocenters. The summed E-state index contributed by atoms with van der Waals surface area (Å²) >= 11 is 0. The highest BCUT2D eigenvalue weighted by molar-refractivity contribution is 5.83. The first-order valence-electron chi connectivity index (χ1n) is 7.20. The van der Waals surface area contributed by atoms with Gasteiger partial charge in [0.1, 0.15) is 0 Å². The first-order valence-corrected chi connectivity index (χ1v) is 7.20. The van der Waals surface area contributed by atoms with Crippen LogP contribution in [0.25, 0.3) is 10.9 Å². The summed E-state index contributed by atoms with van der Waals surface area (Å²) in [5.41, 5.74) is 2.79. The minimum atomic E-state index is 0.656. The SMILES string of the molecule is CNC1CCCN(Cc2cn(C)c3ccccc23)C1. The van der Waals surface area contributed by atoms with Gasteiger partial charge in [-0.25, -0.2) is 0 Å². The van der Waals surface area contributed by atoms with E-state index in [1.807, 2.05) is 0 Å². The molecule has 102 valence electrons. The van der Waals surface area contributed by atoms with Gasteiger partial charge in [-0.15, -0.1) is 0 Å². The number of hydrogen-bond donors (Lipinski definition) is 1. The number of fused-ring (bicyclic) bond motifs is 1. The Morgan fingerprint density at radius 2 is 2.16 bits per heavy atom. The molecule has 19 heavy (non-hydrogen) atoms. The van der Waals surface area contributed by atoms with Crippen LogP contribution in [0.1, 0.15) is 18.4 Å². The quantitative estimate of drug-likeness (QED) is 0.911. The van der Waals surface area contributed by atoms with Gasteiger partial charge < -0.3 is 9.88 Å². The van der Waals surface area contributed by atoms with Gasteiger partial charge in [0.15, 0.2) is 0 Å². The summed E-state index contributed by atoms with van der Waals surface area (Å²) in [6.45, 7) is 3.46. The van der Waals surface area contributed by atoms with Crippen molar-refractivity contribution in [3.05, 3.63) is 36.0 Å². The Labute approximate surface area is 115 Å². The van der Waals surface area contributed by atoms with Gasteiger partial charge in [0.2, 0.25) is 0 Å². The number of likely N-dealkylation sites (tertiary alicyclic amines) is 1. The van der Waals surface area contributed by atoms with Crippen molar-refractivity contribution < 1.29 is 0 Å². The van der Waals surface area contributed by atoms with Crippen molar-refractivity contribution in [2.75, 3.05) is 20.1 Å². The third-order valence-electron chi connectivity index (χ3n) is 4.29. The molecule has 1 aliphatic heterocycles. The van der Waals surface area contributed by atoms with E-state index in [1.165, 1.54) is 42.4 Å². The number of rotatable bonds is 3. The summed E-state index contributed by atoms with van der Waals surface area (Å²) in [6.07, 6.45) is 4.90. The van der Waals surface area contributed by atoms with Crippen LogP contribution in [-0.4, -0.2) is 35.6 Å². The lowest BCUT2D eigenvalue weighted by Gasteiger charge is -2.32. The highest BCUT2D eigenvalue weighted by Crippen LogP contribution is 2.23. The van der Waals surface area contributed by atoms with E-state index in [9.17, 15) is 0 Å². The zero-order chi connectivity index (χ0) is 13.2. The number of nitrogens with zero attached hydrogens (tertiary/aromatic N) is 2. The fourth-order valence-corrected chi connectivity index (χ4v) is 3.23. The molecule has 1 aliphatic rings. The molecule has 0 bridgehead atoms. The Hall–Kier alpha value is -1.32. The standard InChI is InChI=1S/C16H23N3/c1-17-14-6-5-9-19(12-14)11-13-10-18(2)16-8-4-3-7-15(13)16/h3-4,7-8,10,14,17H,5-6,9,11-12H2,1-2H3. The van der Waals surface area contributed by atoms with Crippen LogP contribution in [0.3, 0.4) is 0 Å². The lowest BCUT2D eigenvalue weighted by Crippen LogP contribution is -2.43. The van der Waals surface area contributed by atoms with Crippen molar-refractivity contribution in [3.63, 3.8) is 0 Å². The van der Waals surface area contributed by atoms with Crippen LogP contribution >= 0.6 is 0 Å². The predicted octanol–water partition coefficient (Wildman–Crippen LogP) is 2.36. The van der Waals surface area contributed by atoms with Gasteiger partial charge in [-0.3, -0.25) is 4.90 Å². The van der Waals surface area contributed by atoms with E-state index in [1.54, 1.807) is 0 Å². The summed E-state index contributed by atoms with van der Waals surface area (Å²) in [5.74, 6) is 0. The van der Waals surface area contributed by atoms with Gasteiger partial charge in [-0.1, -0.05) is 18.2 Å². The van der Waals surface area contributed by atoms with Crippen LogP contribution in [0.4, 0.5) is 0 Å². The third-order valence-corrected chi connectivity index (χ3v) is 4.29. The fourth-order valence-electron chi connectivity index (χ4n) is 3.23. The van der Waals surface area contributed by atoms with Crippen molar-refractivity contribution in [3.8, 4) is 0 Å². The molecule has 3 rings (SSSR count). The summed E-state index contributed by atoms with van der Waals surface area (Å²) in [4.78, 5) is 2.58. The van der Waals surface area contributed by atoms with Crippen LogP contribution < -0.4 is 5.32 Å². The van der Waals surface area contributed by atoms with Crippen LogP contribution in [0, 0.1) is 0 Å². The number of piperidine rings is 1.